The van der Waals surface area contributed by atoms with Crippen LogP contribution in [0.4, 0.5) is 11.4 Å². The van der Waals surface area contributed by atoms with Gasteiger partial charge in [0.2, 0.25) is 10.0 Å². The predicted octanol–water partition coefficient (Wildman–Crippen LogP) is 1.01. The van der Waals surface area contributed by atoms with Crippen molar-refractivity contribution in [2.75, 3.05) is 17.7 Å². The van der Waals surface area contributed by atoms with Gasteiger partial charge in [0.05, 0.1) is 29.1 Å². The van der Waals surface area contributed by atoms with Gasteiger partial charge in [0, 0.05) is 12.4 Å². The van der Waals surface area contributed by atoms with Gasteiger partial charge in [-0.1, -0.05) is 6.07 Å². The Hall–Kier alpha value is -1.64. The number of hydrogen-bond donors (Lipinski definition) is 2. The third-order valence-electron chi connectivity index (χ3n) is 2.64. The molecule has 0 bridgehead atoms. The lowest BCUT2D eigenvalue weighted by Crippen LogP contribution is -2.20. The van der Waals surface area contributed by atoms with Gasteiger partial charge in [0.25, 0.3) is 0 Å². The average molecular weight is 298 g/mol. The van der Waals surface area contributed by atoms with Gasteiger partial charge in [-0.2, -0.15) is 0 Å². The minimum absolute atomic E-state index is 0.0601. The van der Waals surface area contributed by atoms with E-state index in [1.54, 1.807) is 17.6 Å². The molecule has 2 aromatic rings. The van der Waals surface area contributed by atoms with Crippen LogP contribution in [0.25, 0.3) is 0 Å². The molecule has 0 unspecified atom stereocenters. The predicted molar refractivity (Wildman–Crippen MR) is 76.4 cm³/mol. The number of anilines is 2. The second-order valence-electron chi connectivity index (χ2n) is 4.07. The number of sulfonamides is 1. The largest absolute Gasteiger partial charge is 0.396 e. The van der Waals surface area contributed by atoms with Crippen LogP contribution >= 0.6 is 11.3 Å². The minimum atomic E-state index is -3.82. The van der Waals surface area contributed by atoms with E-state index in [0.29, 0.717) is 12.2 Å². The molecule has 1 aromatic heterocycles. The number of para-hydroxylation sites is 1. The fourth-order valence-corrected chi connectivity index (χ4v) is 2.99. The summed E-state index contributed by atoms with van der Waals surface area (Å²) in [4.78, 5) is 5.95. The fraction of sp³-hybridized carbons (Fsp3) is 0.182. The lowest BCUT2D eigenvalue weighted by molar-refractivity contribution is 0.598. The van der Waals surface area contributed by atoms with Crippen molar-refractivity contribution in [2.24, 2.45) is 5.14 Å². The van der Waals surface area contributed by atoms with Crippen molar-refractivity contribution in [3.8, 4) is 0 Å². The smallest absolute Gasteiger partial charge is 0.240 e. The quantitative estimate of drug-likeness (QED) is 0.820. The zero-order valence-corrected chi connectivity index (χ0v) is 11.9. The van der Waals surface area contributed by atoms with E-state index in [4.69, 9.17) is 10.9 Å². The maximum atomic E-state index is 11.4. The number of aromatic nitrogens is 1. The number of nitrogens with two attached hydrogens (primary N) is 2. The van der Waals surface area contributed by atoms with Crippen LogP contribution in [-0.4, -0.2) is 20.4 Å². The Balaban J connectivity index is 2.35. The molecular formula is C11H14N4O2S2. The molecule has 4 N–H and O–H groups in total. The topological polar surface area (TPSA) is 102 Å². The summed E-state index contributed by atoms with van der Waals surface area (Å²) in [6, 6.07) is 4.75. The Bertz CT molecular complexity index is 668. The maximum absolute atomic E-state index is 11.4. The lowest BCUT2D eigenvalue weighted by Gasteiger charge is -2.21. The van der Waals surface area contributed by atoms with Crippen LogP contribution in [0.2, 0.25) is 0 Å². The first-order valence-electron chi connectivity index (χ1n) is 5.39. The summed E-state index contributed by atoms with van der Waals surface area (Å²) < 4.78 is 22.8. The number of nitrogen functional groups attached to an aromatic ring is 1. The summed E-state index contributed by atoms with van der Waals surface area (Å²) in [6.45, 7) is 0.543. The fourth-order valence-electron chi connectivity index (χ4n) is 1.76. The molecule has 0 spiro atoms. The molecule has 1 heterocycles. The van der Waals surface area contributed by atoms with Crippen LogP contribution < -0.4 is 15.8 Å². The van der Waals surface area contributed by atoms with E-state index >= 15 is 0 Å². The number of rotatable bonds is 4. The lowest BCUT2D eigenvalue weighted by atomic mass is 10.2. The van der Waals surface area contributed by atoms with Crippen molar-refractivity contribution >= 4 is 32.7 Å². The molecule has 0 atom stereocenters. The summed E-state index contributed by atoms with van der Waals surface area (Å²) in [7, 11) is -2.00. The van der Waals surface area contributed by atoms with Crippen molar-refractivity contribution in [1.29, 1.82) is 0 Å². The summed E-state index contributed by atoms with van der Waals surface area (Å²) in [5.41, 5.74) is 9.29. The van der Waals surface area contributed by atoms with Crippen LogP contribution in [0.1, 0.15) is 5.69 Å². The van der Waals surface area contributed by atoms with Gasteiger partial charge >= 0.3 is 0 Å². The molecule has 0 aliphatic rings. The molecule has 0 amide bonds. The Labute approximate surface area is 115 Å². The van der Waals surface area contributed by atoms with Crippen LogP contribution in [-0.2, 0) is 16.6 Å². The summed E-state index contributed by atoms with van der Waals surface area (Å²) in [5, 5.41) is 7.05. The maximum Gasteiger partial charge on any atom is 0.240 e. The third kappa shape index (κ3) is 3.03. The SMILES string of the molecule is CN(Cc1cscn1)c1cccc(S(N)(=O)=O)c1N. The molecule has 102 valence electrons. The normalized spacial score (nSPS) is 11.5. The number of primary sulfonamides is 1. The van der Waals surface area contributed by atoms with E-state index in [1.807, 2.05) is 17.3 Å². The van der Waals surface area contributed by atoms with E-state index in [2.05, 4.69) is 4.98 Å². The van der Waals surface area contributed by atoms with Gasteiger partial charge in [-0.05, 0) is 12.1 Å². The van der Waals surface area contributed by atoms with Gasteiger partial charge in [-0.15, -0.1) is 11.3 Å². The first kappa shape index (κ1) is 13.8. The number of hydrogen-bond acceptors (Lipinski definition) is 6. The molecule has 2 rings (SSSR count). The Morgan fingerprint density at radius 1 is 1.42 bits per heavy atom. The Morgan fingerprint density at radius 2 is 2.16 bits per heavy atom. The third-order valence-corrected chi connectivity index (χ3v) is 4.25. The molecule has 1 aromatic carbocycles. The van der Waals surface area contributed by atoms with Crippen LogP contribution in [0.5, 0.6) is 0 Å². The summed E-state index contributed by atoms with van der Waals surface area (Å²) in [5.74, 6) is 0. The highest BCUT2D eigenvalue weighted by atomic mass is 32.2. The molecular weight excluding hydrogens is 284 g/mol. The molecule has 0 aliphatic heterocycles. The van der Waals surface area contributed by atoms with Gasteiger partial charge in [0.15, 0.2) is 0 Å². The second-order valence-corrected chi connectivity index (χ2v) is 6.32. The van der Waals surface area contributed by atoms with Crippen molar-refractivity contribution in [3.05, 3.63) is 34.8 Å². The monoisotopic (exact) mass is 298 g/mol. The average Bonchev–Trinajstić information content (AvgIpc) is 2.80. The molecule has 19 heavy (non-hydrogen) atoms. The van der Waals surface area contributed by atoms with Gasteiger partial charge in [-0.3, -0.25) is 0 Å². The van der Waals surface area contributed by atoms with E-state index in [1.165, 1.54) is 17.4 Å². The molecule has 0 saturated carbocycles. The summed E-state index contributed by atoms with van der Waals surface area (Å²) >= 11 is 1.50. The van der Waals surface area contributed by atoms with E-state index < -0.39 is 10.0 Å². The zero-order chi connectivity index (χ0) is 14.0. The van der Waals surface area contributed by atoms with Crippen LogP contribution in [0.15, 0.2) is 34.0 Å². The minimum Gasteiger partial charge on any atom is -0.396 e. The van der Waals surface area contributed by atoms with Crippen molar-refractivity contribution < 1.29 is 8.42 Å². The molecule has 8 heteroatoms. The Morgan fingerprint density at radius 3 is 2.74 bits per heavy atom. The van der Waals surface area contributed by atoms with Crippen molar-refractivity contribution in [3.63, 3.8) is 0 Å². The van der Waals surface area contributed by atoms with Gasteiger partial charge < -0.3 is 10.6 Å². The van der Waals surface area contributed by atoms with E-state index in [-0.39, 0.29) is 10.6 Å². The number of nitrogens with zero attached hydrogens (tertiary/aromatic N) is 2. The van der Waals surface area contributed by atoms with Crippen molar-refractivity contribution in [2.45, 2.75) is 11.4 Å². The van der Waals surface area contributed by atoms with Crippen LogP contribution in [0, 0.1) is 0 Å². The number of thiazole rings is 1. The molecule has 0 aliphatic carbocycles. The second kappa shape index (κ2) is 5.16. The van der Waals surface area contributed by atoms with E-state index in [0.717, 1.165) is 5.69 Å². The summed E-state index contributed by atoms with van der Waals surface area (Å²) in [6.07, 6.45) is 0. The molecule has 0 saturated heterocycles. The number of benzene rings is 1. The van der Waals surface area contributed by atoms with Crippen molar-refractivity contribution in [1.82, 2.24) is 4.98 Å². The molecule has 0 radical (unpaired) electrons. The highest BCUT2D eigenvalue weighted by Gasteiger charge is 2.16. The van der Waals surface area contributed by atoms with Gasteiger partial charge in [0.1, 0.15) is 4.90 Å². The van der Waals surface area contributed by atoms with Gasteiger partial charge in [-0.25, -0.2) is 18.5 Å². The molecule has 0 fully saturated rings. The first-order valence-corrected chi connectivity index (χ1v) is 7.88. The highest BCUT2D eigenvalue weighted by molar-refractivity contribution is 7.89. The first-order chi connectivity index (χ1) is 8.89. The highest BCUT2D eigenvalue weighted by Crippen LogP contribution is 2.29. The zero-order valence-electron chi connectivity index (χ0n) is 10.3. The van der Waals surface area contributed by atoms with E-state index in [9.17, 15) is 8.42 Å². The Kier molecular flexibility index (Phi) is 3.74. The van der Waals surface area contributed by atoms with Crippen LogP contribution in [0.3, 0.4) is 0 Å². The standard InChI is InChI=1S/C11H14N4O2S2/c1-15(5-8-6-18-7-14-8)9-3-2-4-10(11(9)12)19(13,16)17/h2-4,6-7H,5,12H2,1H3,(H2,13,16,17). The molecule has 6 nitrogen and oxygen atoms in total.